The number of anilines is 1. The summed E-state index contributed by atoms with van der Waals surface area (Å²) in [5.41, 5.74) is 3.34. The summed E-state index contributed by atoms with van der Waals surface area (Å²) in [7, 11) is 1.90. The molecule has 2 nitrogen and oxygen atoms in total. The molecular weight excluding hydrogens is 184 g/mol. The molecule has 2 heteroatoms. The monoisotopic (exact) mass is 200 g/mol. The summed E-state index contributed by atoms with van der Waals surface area (Å²) in [4.78, 5) is 0. The molecule has 0 radical (unpaired) electrons. The molecule has 0 N–H and O–H groups in total. The lowest BCUT2D eigenvalue weighted by atomic mass is 10.1. The number of hydrogen-bond donors (Lipinski definition) is 0. The Morgan fingerprint density at radius 3 is 2.67 bits per heavy atom. The van der Waals surface area contributed by atoms with Gasteiger partial charge in [0.2, 0.25) is 0 Å². The Balaban J connectivity index is 3.07. The first-order valence-corrected chi connectivity index (χ1v) is 4.81. The first-order chi connectivity index (χ1) is 7.19. The minimum atomic E-state index is 1.04. The molecule has 0 aromatic heterocycles. The molecule has 1 rings (SSSR count). The van der Waals surface area contributed by atoms with Gasteiger partial charge in [0.15, 0.2) is 0 Å². The van der Waals surface area contributed by atoms with Crippen molar-refractivity contribution < 1.29 is 0 Å². The van der Waals surface area contributed by atoms with E-state index in [1.54, 1.807) is 17.3 Å². The van der Waals surface area contributed by atoms with E-state index in [2.05, 4.69) is 37.3 Å². The zero-order valence-corrected chi connectivity index (χ0v) is 9.27. The number of allylic oxidation sites excluding steroid dienone is 1. The molecule has 15 heavy (non-hydrogen) atoms. The minimum absolute atomic E-state index is 1.04. The van der Waals surface area contributed by atoms with E-state index in [1.165, 1.54) is 5.56 Å². The maximum absolute atomic E-state index is 4.19. The topological polar surface area (TPSA) is 15.6 Å². The van der Waals surface area contributed by atoms with E-state index in [1.807, 2.05) is 19.2 Å². The summed E-state index contributed by atoms with van der Waals surface area (Å²) in [6, 6.07) is 6.18. The third-order valence-corrected chi connectivity index (χ3v) is 2.10. The van der Waals surface area contributed by atoms with Gasteiger partial charge in [0.1, 0.15) is 0 Å². The predicted molar refractivity (Wildman–Crippen MR) is 68.4 cm³/mol. The van der Waals surface area contributed by atoms with Crippen LogP contribution in [0.2, 0.25) is 0 Å². The van der Waals surface area contributed by atoms with Crippen LogP contribution in [0.4, 0.5) is 5.69 Å². The van der Waals surface area contributed by atoms with Crippen LogP contribution in [-0.4, -0.2) is 13.3 Å². The number of benzene rings is 1. The van der Waals surface area contributed by atoms with Crippen LogP contribution in [-0.2, 0) is 0 Å². The van der Waals surface area contributed by atoms with Crippen molar-refractivity contribution in [3.05, 3.63) is 48.6 Å². The third kappa shape index (κ3) is 2.81. The molecule has 0 saturated carbocycles. The zero-order chi connectivity index (χ0) is 11.3. The van der Waals surface area contributed by atoms with Crippen molar-refractivity contribution in [2.45, 2.75) is 6.92 Å². The Bertz CT molecular complexity index is 392. The van der Waals surface area contributed by atoms with E-state index in [0.29, 0.717) is 0 Å². The first kappa shape index (κ1) is 11.2. The van der Waals surface area contributed by atoms with Crippen LogP contribution >= 0.6 is 0 Å². The van der Waals surface area contributed by atoms with Crippen LogP contribution in [0.15, 0.2) is 42.5 Å². The molecule has 0 spiro atoms. The van der Waals surface area contributed by atoms with Crippen molar-refractivity contribution in [1.82, 2.24) is 0 Å². The second-order valence-corrected chi connectivity index (χ2v) is 3.29. The van der Waals surface area contributed by atoms with E-state index >= 15 is 0 Å². The van der Waals surface area contributed by atoms with Gasteiger partial charge in [-0.3, -0.25) is 5.01 Å². The molecule has 0 aliphatic rings. The third-order valence-electron chi connectivity index (χ3n) is 2.10. The quantitative estimate of drug-likeness (QED) is 0.538. The molecule has 0 unspecified atom stereocenters. The Morgan fingerprint density at radius 1 is 1.33 bits per heavy atom. The normalized spacial score (nSPS) is 10.3. The largest absolute Gasteiger partial charge is 0.268 e. The molecule has 1 aromatic carbocycles. The molecule has 0 aliphatic heterocycles. The fraction of sp³-hybridized carbons (Fsp3) is 0.154. The van der Waals surface area contributed by atoms with E-state index < -0.39 is 0 Å². The van der Waals surface area contributed by atoms with Crippen molar-refractivity contribution in [3.8, 4) is 0 Å². The number of nitrogens with zero attached hydrogens (tertiary/aromatic N) is 2. The molecule has 0 aliphatic carbocycles. The van der Waals surface area contributed by atoms with E-state index in [4.69, 9.17) is 0 Å². The van der Waals surface area contributed by atoms with Crippen molar-refractivity contribution >= 4 is 18.0 Å². The van der Waals surface area contributed by atoms with Gasteiger partial charge in [0, 0.05) is 13.3 Å². The van der Waals surface area contributed by atoms with E-state index in [9.17, 15) is 0 Å². The molecule has 0 heterocycles. The lowest BCUT2D eigenvalue weighted by Crippen LogP contribution is -2.09. The van der Waals surface area contributed by atoms with E-state index in [0.717, 1.165) is 11.3 Å². The molecule has 0 fully saturated rings. The Hall–Kier alpha value is -1.83. The van der Waals surface area contributed by atoms with Gasteiger partial charge in [0.05, 0.1) is 5.69 Å². The average Bonchev–Trinajstić information content (AvgIpc) is 2.25. The Labute approximate surface area is 91.2 Å². The van der Waals surface area contributed by atoms with Gasteiger partial charge in [-0.2, -0.15) is 5.10 Å². The molecule has 0 atom stereocenters. The summed E-state index contributed by atoms with van der Waals surface area (Å²) < 4.78 is 0. The van der Waals surface area contributed by atoms with Crippen LogP contribution in [0, 0.1) is 6.92 Å². The standard InChI is InChI=1S/C13H16N2/c1-5-9-14-15(4)13-8-7-11(3)10-12(13)6-2/h5-10H,1-2H2,3-4H3/b14-9-. The van der Waals surface area contributed by atoms with Gasteiger partial charge in [-0.15, -0.1) is 0 Å². The minimum Gasteiger partial charge on any atom is -0.268 e. The summed E-state index contributed by atoms with van der Waals surface area (Å²) in [5.74, 6) is 0. The number of hydrazone groups is 1. The molecule has 0 saturated heterocycles. The maximum atomic E-state index is 4.19. The molecule has 0 bridgehead atoms. The summed E-state index contributed by atoms with van der Waals surface area (Å²) in [6.07, 6.45) is 5.15. The van der Waals surface area contributed by atoms with Gasteiger partial charge in [-0.05, 0) is 30.7 Å². The maximum Gasteiger partial charge on any atom is 0.0662 e. The lowest BCUT2D eigenvalue weighted by Gasteiger charge is -2.15. The predicted octanol–water partition coefficient (Wildman–Crippen LogP) is 3.25. The number of aryl methyl sites for hydroxylation is 1. The molecule has 78 valence electrons. The van der Waals surface area contributed by atoms with Crippen molar-refractivity contribution in [1.29, 1.82) is 0 Å². The Morgan fingerprint density at radius 2 is 2.07 bits per heavy atom. The van der Waals surface area contributed by atoms with Gasteiger partial charge in [-0.1, -0.05) is 30.9 Å². The van der Waals surface area contributed by atoms with E-state index in [-0.39, 0.29) is 0 Å². The number of rotatable bonds is 4. The second kappa shape index (κ2) is 5.15. The van der Waals surface area contributed by atoms with Crippen LogP contribution in [0.1, 0.15) is 11.1 Å². The highest BCUT2D eigenvalue weighted by Crippen LogP contribution is 2.21. The lowest BCUT2D eigenvalue weighted by molar-refractivity contribution is 1.02. The van der Waals surface area contributed by atoms with Gasteiger partial charge >= 0.3 is 0 Å². The average molecular weight is 200 g/mol. The highest BCUT2D eigenvalue weighted by molar-refractivity contribution is 5.73. The Kier molecular flexibility index (Phi) is 3.86. The zero-order valence-electron chi connectivity index (χ0n) is 9.27. The smallest absolute Gasteiger partial charge is 0.0662 e. The highest BCUT2D eigenvalue weighted by atomic mass is 15.4. The summed E-state index contributed by atoms with van der Waals surface area (Å²) in [6.45, 7) is 9.44. The van der Waals surface area contributed by atoms with Crippen molar-refractivity contribution in [3.63, 3.8) is 0 Å². The summed E-state index contributed by atoms with van der Waals surface area (Å²) in [5, 5.41) is 6.00. The highest BCUT2D eigenvalue weighted by Gasteiger charge is 2.03. The fourth-order valence-corrected chi connectivity index (χ4v) is 1.34. The second-order valence-electron chi connectivity index (χ2n) is 3.29. The van der Waals surface area contributed by atoms with Gasteiger partial charge < -0.3 is 0 Å². The molecule has 1 aromatic rings. The van der Waals surface area contributed by atoms with Crippen LogP contribution < -0.4 is 5.01 Å². The molecule has 0 amide bonds. The van der Waals surface area contributed by atoms with Crippen molar-refractivity contribution in [2.75, 3.05) is 12.1 Å². The van der Waals surface area contributed by atoms with Crippen LogP contribution in [0.5, 0.6) is 0 Å². The first-order valence-electron chi connectivity index (χ1n) is 4.81. The van der Waals surface area contributed by atoms with Crippen molar-refractivity contribution in [2.24, 2.45) is 5.10 Å². The molecular formula is C13H16N2. The fourth-order valence-electron chi connectivity index (χ4n) is 1.34. The number of hydrogen-bond acceptors (Lipinski definition) is 2. The van der Waals surface area contributed by atoms with Gasteiger partial charge in [-0.25, -0.2) is 0 Å². The van der Waals surface area contributed by atoms with Crippen LogP contribution in [0.25, 0.3) is 6.08 Å². The van der Waals surface area contributed by atoms with Crippen LogP contribution in [0.3, 0.4) is 0 Å². The summed E-state index contributed by atoms with van der Waals surface area (Å²) >= 11 is 0. The SMILES string of the molecule is C=C/C=N\N(C)c1ccc(C)cc1C=C. The van der Waals surface area contributed by atoms with Gasteiger partial charge in [0.25, 0.3) is 0 Å².